The third kappa shape index (κ3) is 3.91. The fourth-order valence-corrected chi connectivity index (χ4v) is 3.76. The minimum Gasteiger partial charge on any atom is -0.349 e. The zero-order valence-corrected chi connectivity index (χ0v) is 14.5. The third-order valence-electron chi connectivity index (χ3n) is 4.23. The number of anilines is 1. The van der Waals surface area contributed by atoms with Crippen molar-refractivity contribution in [2.24, 2.45) is 5.73 Å². The Morgan fingerprint density at radius 1 is 1.29 bits per heavy atom. The van der Waals surface area contributed by atoms with Crippen molar-refractivity contribution in [1.82, 2.24) is 10.3 Å². The van der Waals surface area contributed by atoms with E-state index >= 15 is 0 Å². The first kappa shape index (κ1) is 16.9. The molecule has 1 aliphatic carbocycles. The van der Waals surface area contributed by atoms with Crippen LogP contribution < -0.4 is 16.4 Å². The molecule has 0 saturated heterocycles. The number of nitrogens with one attached hydrogen (secondary N) is 2. The van der Waals surface area contributed by atoms with Crippen molar-refractivity contribution in [2.75, 3.05) is 5.32 Å². The van der Waals surface area contributed by atoms with E-state index in [1.807, 2.05) is 12.1 Å². The van der Waals surface area contributed by atoms with Crippen LogP contribution in [0, 0.1) is 0 Å². The van der Waals surface area contributed by atoms with E-state index in [0.717, 1.165) is 23.1 Å². The average Bonchev–Trinajstić information content (AvgIpc) is 2.96. The lowest BCUT2D eigenvalue weighted by Crippen LogP contribution is -2.36. The summed E-state index contributed by atoms with van der Waals surface area (Å²) < 4.78 is 0.867. The first-order chi connectivity index (χ1) is 11.5. The molecule has 1 unspecified atom stereocenters. The highest BCUT2D eigenvalue weighted by atomic mass is 32.1. The van der Waals surface area contributed by atoms with Crippen LogP contribution in [0.15, 0.2) is 18.2 Å². The van der Waals surface area contributed by atoms with Gasteiger partial charge in [0, 0.05) is 11.6 Å². The predicted octanol–water partition coefficient (Wildman–Crippen LogP) is 2.64. The van der Waals surface area contributed by atoms with Crippen LogP contribution in [0.25, 0.3) is 10.2 Å². The van der Waals surface area contributed by atoms with Crippen molar-refractivity contribution in [3.63, 3.8) is 0 Å². The van der Waals surface area contributed by atoms with E-state index in [0.29, 0.717) is 10.7 Å². The molecule has 0 spiro atoms. The maximum Gasteiger partial charge on any atom is 0.251 e. The van der Waals surface area contributed by atoms with Crippen molar-refractivity contribution >= 4 is 38.5 Å². The van der Waals surface area contributed by atoms with Crippen LogP contribution >= 0.6 is 11.3 Å². The third-order valence-corrected chi connectivity index (χ3v) is 5.17. The van der Waals surface area contributed by atoms with Crippen LogP contribution in [0.1, 0.15) is 49.4 Å². The molecule has 1 aromatic carbocycles. The second-order valence-corrected chi connectivity index (χ2v) is 7.32. The maximum absolute atomic E-state index is 12.4. The Kier molecular flexibility index (Phi) is 5.11. The highest BCUT2D eigenvalue weighted by Crippen LogP contribution is 2.27. The van der Waals surface area contributed by atoms with E-state index in [9.17, 15) is 9.59 Å². The van der Waals surface area contributed by atoms with E-state index in [-0.39, 0.29) is 17.9 Å². The number of hydrogen-bond donors (Lipinski definition) is 3. The number of fused-ring (bicyclic) bond motifs is 1. The molecule has 0 radical (unpaired) electrons. The Hall–Kier alpha value is -1.99. The van der Waals surface area contributed by atoms with E-state index < -0.39 is 6.04 Å². The van der Waals surface area contributed by atoms with Gasteiger partial charge in [-0.2, -0.15) is 0 Å². The van der Waals surface area contributed by atoms with Gasteiger partial charge >= 0.3 is 0 Å². The molecule has 1 aromatic heterocycles. The molecule has 24 heavy (non-hydrogen) atoms. The number of aromatic nitrogens is 1. The Morgan fingerprint density at radius 3 is 2.75 bits per heavy atom. The molecule has 0 aliphatic heterocycles. The average molecular weight is 346 g/mol. The Labute approximate surface area is 144 Å². The molecule has 0 bridgehead atoms. The van der Waals surface area contributed by atoms with E-state index in [1.165, 1.54) is 30.6 Å². The van der Waals surface area contributed by atoms with Crippen molar-refractivity contribution < 1.29 is 9.59 Å². The molecule has 7 heteroatoms. The maximum atomic E-state index is 12.4. The Morgan fingerprint density at radius 2 is 2.04 bits per heavy atom. The fraction of sp³-hybridized carbons (Fsp3) is 0.471. The second-order valence-electron chi connectivity index (χ2n) is 6.29. The quantitative estimate of drug-likeness (QED) is 0.793. The summed E-state index contributed by atoms with van der Waals surface area (Å²) in [6, 6.07) is 5.10. The molecular weight excluding hydrogens is 324 g/mol. The summed E-state index contributed by atoms with van der Waals surface area (Å²) in [5.41, 5.74) is 6.93. The summed E-state index contributed by atoms with van der Waals surface area (Å²) in [4.78, 5) is 28.4. The molecule has 1 aliphatic rings. The van der Waals surface area contributed by atoms with Gasteiger partial charge in [-0.1, -0.05) is 30.6 Å². The number of carbonyl (C=O) groups is 2. The number of thiazole rings is 1. The smallest absolute Gasteiger partial charge is 0.251 e. The van der Waals surface area contributed by atoms with Crippen LogP contribution in [0.5, 0.6) is 0 Å². The van der Waals surface area contributed by atoms with Crippen molar-refractivity contribution in [3.05, 3.63) is 23.8 Å². The largest absolute Gasteiger partial charge is 0.349 e. The lowest BCUT2D eigenvalue weighted by molar-refractivity contribution is -0.117. The Balaban J connectivity index is 1.73. The van der Waals surface area contributed by atoms with Crippen molar-refractivity contribution in [2.45, 2.75) is 51.1 Å². The monoisotopic (exact) mass is 346 g/mol. The molecule has 128 valence electrons. The molecule has 1 heterocycles. The number of hydrogen-bond acceptors (Lipinski definition) is 5. The van der Waals surface area contributed by atoms with E-state index in [4.69, 9.17) is 5.73 Å². The molecule has 3 rings (SSSR count). The van der Waals surface area contributed by atoms with Gasteiger partial charge in [0.15, 0.2) is 5.13 Å². The fourth-order valence-electron chi connectivity index (χ4n) is 2.85. The number of nitrogens with zero attached hydrogens (tertiary/aromatic N) is 1. The zero-order valence-electron chi connectivity index (χ0n) is 13.7. The van der Waals surface area contributed by atoms with Gasteiger partial charge in [-0.15, -0.1) is 0 Å². The molecule has 1 atom stereocenters. The van der Waals surface area contributed by atoms with Gasteiger partial charge in [0.05, 0.1) is 16.3 Å². The highest BCUT2D eigenvalue weighted by molar-refractivity contribution is 7.22. The summed E-state index contributed by atoms with van der Waals surface area (Å²) >= 11 is 1.34. The zero-order chi connectivity index (χ0) is 17.1. The normalized spacial score (nSPS) is 16.8. The summed E-state index contributed by atoms with van der Waals surface area (Å²) in [6.45, 7) is 1.62. The van der Waals surface area contributed by atoms with Gasteiger partial charge in [0.25, 0.3) is 5.91 Å². The predicted molar refractivity (Wildman–Crippen MR) is 96.2 cm³/mol. The molecule has 2 amide bonds. The topological polar surface area (TPSA) is 97.1 Å². The minimum absolute atomic E-state index is 0.0432. The number of amides is 2. The van der Waals surface area contributed by atoms with Gasteiger partial charge in [0.1, 0.15) is 0 Å². The first-order valence-corrected chi connectivity index (χ1v) is 9.12. The van der Waals surface area contributed by atoms with Crippen LogP contribution in [0.4, 0.5) is 5.13 Å². The molecule has 2 aromatic rings. The number of nitrogens with two attached hydrogens (primary N) is 1. The van der Waals surface area contributed by atoms with Crippen LogP contribution in [-0.4, -0.2) is 28.9 Å². The number of rotatable bonds is 4. The van der Waals surface area contributed by atoms with Gasteiger partial charge < -0.3 is 16.4 Å². The molecule has 6 nitrogen and oxygen atoms in total. The molecular formula is C17H22N4O2S. The number of carbonyl (C=O) groups excluding carboxylic acids is 2. The van der Waals surface area contributed by atoms with E-state index in [1.54, 1.807) is 13.0 Å². The standard InChI is InChI=1S/C17H22N4O2S/c1-10(18)15(22)21-17-20-13-8-7-11(9-14(13)24-17)16(23)19-12-5-3-2-4-6-12/h7-10,12H,2-6,18H2,1H3,(H,19,23)(H,20,21,22). The van der Waals surface area contributed by atoms with Gasteiger partial charge in [0.2, 0.25) is 5.91 Å². The van der Waals surface area contributed by atoms with Gasteiger partial charge in [-0.3, -0.25) is 9.59 Å². The van der Waals surface area contributed by atoms with Crippen LogP contribution in [0.2, 0.25) is 0 Å². The van der Waals surface area contributed by atoms with Gasteiger partial charge in [-0.05, 0) is 38.0 Å². The van der Waals surface area contributed by atoms with E-state index in [2.05, 4.69) is 15.6 Å². The first-order valence-electron chi connectivity index (χ1n) is 8.31. The highest BCUT2D eigenvalue weighted by Gasteiger charge is 2.17. The lowest BCUT2D eigenvalue weighted by atomic mass is 9.95. The minimum atomic E-state index is -0.589. The molecule has 1 saturated carbocycles. The van der Waals surface area contributed by atoms with Crippen LogP contribution in [0.3, 0.4) is 0 Å². The SMILES string of the molecule is CC(N)C(=O)Nc1nc2ccc(C(=O)NC3CCCCC3)cc2s1. The van der Waals surface area contributed by atoms with Gasteiger partial charge in [-0.25, -0.2) is 4.98 Å². The summed E-state index contributed by atoms with van der Waals surface area (Å²) in [7, 11) is 0. The Bertz CT molecular complexity index is 750. The van der Waals surface area contributed by atoms with Crippen molar-refractivity contribution in [1.29, 1.82) is 0 Å². The number of benzene rings is 1. The van der Waals surface area contributed by atoms with Crippen LogP contribution in [-0.2, 0) is 4.79 Å². The summed E-state index contributed by atoms with van der Waals surface area (Å²) in [6.07, 6.45) is 5.74. The molecule has 1 fully saturated rings. The summed E-state index contributed by atoms with van der Waals surface area (Å²) in [5.74, 6) is -0.317. The molecule has 4 N–H and O–H groups in total. The summed E-state index contributed by atoms with van der Waals surface area (Å²) in [5, 5.41) is 6.30. The van der Waals surface area contributed by atoms with Crippen molar-refractivity contribution in [3.8, 4) is 0 Å². The lowest BCUT2D eigenvalue weighted by Gasteiger charge is -2.22. The second kappa shape index (κ2) is 7.27.